The molecule has 5 N–H and O–H groups in total. The average molecular weight is 530 g/mol. The Morgan fingerprint density at radius 1 is 1.37 bits per heavy atom. The monoisotopic (exact) mass is 529 g/mol. The van der Waals surface area contributed by atoms with Gasteiger partial charge in [0.15, 0.2) is 23.6 Å². The van der Waals surface area contributed by atoms with E-state index in [0.717, 1.165) is 16.2 Å². The number of ether oxygens (including phenoxy) is 1. The number of anilines is 1. The van der Waals surface area contributed by atoms with Gasteiger partial charge in [0, 0.05) is 18.2 Å². The molecule has 15 nitrogen and oxygen atoms in total. The van der Waals surface area contributed by atoms with Crippen molar-refractivity contribution in [2.45, 2.75) is 36.3 Å². The summed E-state index contributed by atoms with van der Waals surface area (Å²) in [7, 11) is 0. The van der Waals surface area contributed by atoms with E-state index in [4.69, 9.17) is 15.3 Å². The number of fused-ring (bicyclic) bond motifs is 1. The van der Waals surface area contributed by atoms with Gasteiger partial charge in [0.05, 0.1) is 6.42 Å². The summed E-state index contributed by atoms with van der Waals surface area (Å²) in [5, 5.41) is 24.9. The van der Waals surface area contributed by atoms with Crippen molar-refractivity contribution in [3.63, 3.8) is 0 Å². The van der Waals surface area contributed by atoms with Crippen LogP contribution in [0, 0.1) is 5.92 Å². The van der Waals surface area contributed by atoms with E-state index in [1.165, 1.54) is 5.38 Å². The van der Waals surface area contributed by atoms with Crippen molar-refractivity contribution in [1.29, 1.82) is 0 Å². The number of esters is 1. The second-order valence-corrected chi connectivity index (χ2v) is 10.5. The molecule has 2 aliphatic heterocycles. The maximum Gasteiger partial charge on any atom is 0.350 e. The molecule has 0 bridgehead atoms. The third-order valence-electron chi connectivity index (χ3n) is 5.57. The zero-order chi connectivity index (χ0) is 25.5. The van der Waals surface area contributed by atoms with E-state index < -0.39 is 88.4 Å². The predicted molar refractivity (Wildman–Crippen MR) is 116 cm³/mol. The fraction of sp³-hybridized carbons (Fsp3) is 0.500. The summed E-state index contributed by atoms with van der Waals surface area (Å²) >= 11 is -0.994. The first-order valence-electron chi connectivity index (χ1n) is 10.1. The maximum atomic E-state index is 13.0. The first-order valence-corrected chi connectivity index (χ1v) is 12.4. The van der Waals surface area contributed by atoms with Crippen LogP contribution in [0.3, 0.4) is 0 Å². The van der Waals surface area contributed by atoms with E-state index in [0.29, 0.717) is 0 Å². The number of carbonyl (C=O) groups is 5. The Morgan fingerprint density at radius 2 is 2.09 bits per heavy atom. The number of nitrogens with zero attached hydrogens (tertiary/aromatic N) is 3. The number of cyclic esters (lactones) is 1. The standard InChI is InChI=1S/C18H19N5O10S2/c19-17-20-8(4-34-17)10(22-33-18(1-2-18)16(29)30)12(25)21-11-13(26)23-6-32-9(24)3-7(15(27)28)5-35(31)14(11)23/h4,7,11,14H,1-3,5-6H2,(H2,19,20)(H,21,25)(H,27,28)(H,29,30)/b22-10-/t7-,11+,14+,35?/m0/s1. The Kier molecular flexibility index (Phi) is 6.56. The number of nitrogens with one attached hydrogen (secondary N) is 1. The summed E-state index contributed by atoms with van der Waals surface area (Å²) < 4.78 is 17.8. The maximum absolute atomic E-state index is 13.0. The second kappa shape index (κ2) is 9.31. The van der Waals surface area contributed by atoms with E-state index in [1.54, 1.807) is 0 Å². The summed E-state index contributed by atoms with van der Waals surface area (Å²) in [6.45, 7) is -0.555. The molecule has 0 aromatic carbocycles. The summed E-state index contributed by atoms with van der Waals surface area (Å²) in [5.41, 5.74) is 3.56. The number of thiazole rings is 1. The molecule has 1 aromatic heterocycles. The van der Waals surface area contributed by atoms with Crippen LogP contribution < -0.4 is 11.1 Å². The highest BCUT2D eigenvalue weighted by Gasteiger charge is 2.58. The Hall–Kier alpha value is -3.44. The van der Waals surface area contributed by atoms with Crippen LogP contribution in [-0.2, 0) is 44.7 Å². The van der Waals surface area contributed by atoms with Crippen LogP contribution in [-0.4, -0.2) is 89.6 Å². The fourth-order valence-corrected chi connectivity index (χ4v) is 5.74. The van der Waals surface area contributed by atoms with Gasteiger partial charge in [0.1, 0.15) is 17.4 Å². The first-order chi connectivity index (χ1) is 16.5. The van der Waals surface area contributed by atoms with Crippen molar-refractivity contribution in [3.8, 4) is 0 Å². The quantitative estimate of drug-likeness (QED) is 0.0994. The largest absolute Gasteiger partial charge is 0.615 e. The van der Waals surface area contributed by atoms with Crippen LogP contribution in [0.1, 0.15) is 25.0 Å². The molecule has 1 aromatic rings. The third kappa shape index (κ3) is 4.87. The van der Waals surface area contributed by atoms with E-state index >= 15 is 0 Å². The number of carbonyl (C=O) groups excluding carboxylic acids is 3. The van der Waals surface area contributed by atoms with Gasteiger partial charge in [-0.1, -0.05) is 5.16 Å². The molecular weight excluding hydrogens is 510 g/mol. The molecule has 4 rings (SSSR count). The molecule has 4 atom stereocenters. The number of nitrogen functional groups attached to an aromatic ring is 1. The summed E-state index contributed by atoms with van der Waals surface area (Å²) in [4.78, 5) is 70.3. The first kappa shape index (κ1) is 24.7. The molecule has 3 fully saturated rings. The highest BCUT2D eigenvalue weighted by atomic mass is 32.2. The van der Waals surface area contributed by atoms with Crippen molar-refractivity contribution in [1.82, 2.24) is 15.2 Å². The minimum Gasteiger partial charge on any atom is -0.615 e. The average Bonchev–Trinajstić information content (AvgIpc) is 3.46. The molecule has 1 unspecified atom stereocenters. The number of aromatic nitrogens is 1. The molecule has 3 heterocycles. The molecule has 188 valence electrons. The lowest BCUT2D eigenvalue weighted by atomic mass is 10.1. The molecular formula is C18H19N5O10S2. The van der Waals surface area contributed by atoms with Crippen LogP contribution in [0.25, 0.3) is 0 Å². The highest BCUT2D eigenvalue weighted by Crippen LogP contribution is 2.40. The molecule has 3 aliphatic rings. The number of rotatable bonds is 7. The zero-order valence-corrected chi connectivity index (χ0v) is 19.4. The molecule has 1 saturated carbocycles. The van der Waals surface area contributed by atoms with E-state index in [9.17, 15) is 38.7 Å². The molecule has 17 heteroatoms. The van der Waals surface area contributed by atoms with E-state index in [2.05, 4.69) is 15.5 Å². The van der Waals surface area contributed by atoms with Crippen LogP contribution in [0.15, 0.2) is 10.5 Å². The molecule has 0 spiro atoms. The minimum absolute atomic E-state index is 0.0368. The van der Waals surface area contributed by atoms with E-state index in [-0.39, 0.29) is 23.7 Å². The minimum atomic E-state index is -1.97. The number of β-lactam (4-membered cyclic amide) rings is 1. The number of amides is 2. The summed E-state index contributed by atoms with van der Waals surface area (Å²) in [6, 6.07) is -1.36. The number of hydrogen-bond acceptors (Lipinski definition) is 12. The van der Waals surface area contributed by atoms with Gasteiger partial charge in [-0.05, 0) is 11.2 Å². The van der Waals surface area contributed by atoms with Gasteiger partial charge in [0.2, 0.25) is 11.0 Å². The Morgan fingerprint density at radius 3 is 2.66 bits per heavy atom. The lowest BCUT2D eigenvalue weighted by Gasteiger charge is -2.45. The van der Waals surface area contributed by atoms with Gasteiger partial charge in [-0.15, -0.1) is 11.3 Å². The lowest BCUT2D eigenvalue weighted by molar-refractivity contribution is -0.165. The van der Waals surface area contributed by atoms with Crippen LogP contribution in [0.5, 0.6) is 0 Å². The van der Waals surface area contributed by atoms with Crippen molar-refractivity contribution < 1.29 is 48.3 Å². The normalized spacial score (nSPS) is 27.8. The Bertz CT molecular complexity index is 1120. The van der Waals surface area contributed by atoms with Gasteiger partial charge in [0.25, 0.3) is 11.8 Å². The number of aliphatic carboxylic acids is 2. The number of oxime groups is 1. The summed E-state index contributed by atoms with van der Waals surface area (Å²) in [6.07, 6.45) is -0.154. The third-order valence-corrected chi connectivity index (χ3v) is 8.05. The zero-order valence-electron chi connectivity index (χ0n) is 17.7. The van der Waals surface area contributed by atoms with Crippen molar-refractivity contribution in [2.24, 2.45) is 11.1 Å². The molecule has 1 aliphatic carbocycles. The van der Waals surface area contributed by atoms with Crippen molar-refractivity contribution >= 4 is 63.1 Å². The summed E-state index contributed by atoms with van der Waals surface area (Å²) in [5.74, 6) is -6.93. The second-order valence-electron chi connectivity index (χ2n) is 7.98. The van der Waals surface area contributed by atoms with Gasteiger partial charge < -0.3 is 35.4 Å². The number of carboxylic acid groups (broad SMARTS) is 2. The molecule has 35 heavy (non-hydrogen) atoms. The van der Waals surface area contributed by atoms with Crippen LogP contribution in [0.4, 0.5) is 5.13 Å². The molecule has 2 saturated heterocycles. The number of nitrogens with two attached hydrogens (primary N) is 1. The topological polar surface area (TPSA) is 234 Å². The Balaban J connectivity index is 1.55. The highest BCUT2D eigenvalue weighted by molar-refractivity contribution is 7.92. The van der Waals surface area contributed by atoms with E-state index in [1.807, 2.05) is 0 Å². The Labute approximate surface area is 203 Å². The van der Waals surface area contributed by atoms with Gasteiger partial charge in [-0.25, -0.2) is 9.78 Å². The molecule has 2 amide bonds. The number of hydrogen-bond donors (Lipinski definition) is 4. The van der Waals surface area contributed by atoms with Crippen LogP contribution >= 0.6 is 11.3 Å². The fourth-order valence-electron chi connectivity index (χ4n) is 3.40. The number of carboxylic acids is 2. The van der Waals surface area contributed by atoms with Crippen molar-refractivity contribution in [3.05, 3.63) is 11.1 Å². The van der Waals surface area contributed by atoms with Crippen LogP contribution in [0.2, 0.25) is 0 Å². The smallest absolute Gasteiger partial charge is 0.350 e. The van der Waals surface area contributed by atoms with Gasteiger partial charge >= 0.3 is 17.9 Å². The van der Waals surface area contributed by atoms with Gasteiger partial charge in [-0.3, -0.25) is 24.1 Å². The van der Waals surface area contributed by atoms with Gasteiger partial charge in [-0.2, -0.15) is 0 Å². The SMILES string of the molecule is Nc1nc(/C(=N/OC2(C(=O)O)CC2)C(=O)N[C@@H]2C(=O)N3COC(=O)C[C@H](C(=O)O)C[S+]([O-])[C@H]23)cs1. The predicted octanol–water partition coefficient (Wildman–Crippen LogP) is -1.93. The lowest BCUT2D eigenvalue weighted by Crippen LogP contribution is -2.74. The van der Waals surface area contributed by atoms with Crippen molar-refractivity contribution in [2.75, 3.05) is 18.2 Å². The molecule has 0 radical (unpaired) electrons.